The second-order valence-corrected chi connectivity index (χ2v) is 6.28. The maximum absolute atomic E-state index is 6.08. The highest BCUT2D eigenvalue weighted by molar-refractivity contribution is 7.09. The summed E-state index contributed by atoms with van der Waals surface area (Å²) in [7, 11) is 0. The average Bonchev–Trinajstić information content (AvgIpc) is 3.24. The molecule has 3 rings (SSSR count). The fourth-order valence-electron chi connectivity index (χ4n) is 2.15. The molecule has 1 aliphatic rings. The summed E-state index contributed by atoms with van der Waals surface area (Å²) < 4.78 is 10.5. The van der Waals surface area contributed by atoms with Crippen molar-refractivity contribution in [2.75, 3.05) is 11.9 Å². The quantitative estimate of drug-likeness (QED) is 0.840. The number of ether oxygens (including phenoxy) is 1. The Morgan fingerprint density at radius 1 is 1.38 bits per heavy atom. The number of nitrogens with one attached hydrogen (secondary N) is 1. The molecule has 0 aliphatic heterocycles. The van der Waals surface area contributed by atoms with Crippen molar-refractivity contribution in [2.45, 2.75) is 45.1 Å². The van der Waals surface area contributed by atoms with Crippen molar-refractivity contribution in [3.05, 3.63) is 35.7 Å². The fraction of sp³-hybridized carbons (Fsp3) is 0.500. The molecule has 21 heavy (non-hydrogen) atoms. The van der Waals surface area contributed by atoms with Crippen molar-refractivity contribution >= 4 is 16.7 Å². The predicted octanol–water partition coefficient (Wildman–Crippen LogP) is 3.99. The maximum Gasteiger partial charge on any atom is 0.202 e. The molecule has 1 aromatic heterocycles. The summed E-state index contributed by atoms with van der Waals surface area (Å²) in [6, 6.07) is 8.13. The number of para-hydroxylation sites is 1. The van der Waals surface area contributed by atoms with E-state index in [1.165, 1.54) is 29.9 Å². The molecular weight excluding hydrogens is 282 g/mol. The molecule has 0 bridgehead atoms. The molecule has 1 heterocycles. The molecule has 0 amide bonds. The van der Waals surface area contributed by atoms with E-state index in [-0.39, 0.29) is 6.10 Å². The Morgan fingerprint density at radius 2 is 2.19 bits per heavy atom. The molecule has 0 radical (unpaired) electrons. The van der Waals surface area contributed by atoms with E-state index in [9.17, 15) is 0 Å². The number of rotatable bonds is 7. The molecule has 1 N–H and O–H groups in total. The first-order valence-electron chi connectivity index (χ1n) is 7.56. The van der Waals surface area contributed by atoms with Crippen LogP contribution in [-0.2, 0) is 0 Å². The SMILES string of the molecule is CCC(CNc1nc(C2CC2)ns1)Oc1ccccc1C. The van der Waals surface area contributed by atoms with Gasteiger partial charge in [-0.3, -0.25) is 0 Å². The van der Waals surface area contributed by atoms with Crippen LogP contribution in [0.3, 0.4) is 0 Å². The highest BCUT2D eigenvalue weighted by Crippen LogP contribution is 2.39. The average molecular weight is 303 g/mol. The molecular formula is C16H21N3OS. The fourth-order valence-corrected chi connectivity index (χ4v) is 2.80. The van der Waals surface area contributed by atoms with Gasteiger partial charge in [0.15, 0.2) is 0 Å². The number of nitrogens with zero attached hydrogens (tertiary/aromatic N) is 2. The van der Waals surface area contributed by atoms with E-state index in [0.29, 0.717) is 5.92 Å². The van der Waals surface area contributed by atoms with Crippen LogP contribution in [0.1, 0.15) is 43.5 Å². The van der Waals surface area contributed by atoms with Gasteiger partial charge >= 0.3 is 0 Å². The van der Waals surface area contributed by atoms with Crippen molar-refractivity contribution in [3.63, 3.8) is 0 Å². The third kappa shape index (κ3) is 3.73. The van der Waals surface area contributed by atoms with Crippen molar-refractivity contribution in [1.82, 2.24) is 9.36 Å². The zero-order chi connectivity index (χ0) is 14.7. The lowest BCUT2D eigenvalue weighted by molar-refractivity contribution is 0.208. The van der Waals surface area contributed by atoms with E-state index in [0.717, 1.165) is 29.7 Å². The van der Waals surface area contributed by atoms with Crippen molar-refractivity contribution in [1.29, 1.82) is 0 Å². The number of aromatic nitrogens is 2. The third-order valence-electron chi connectivity index (χ3n) is 3.71. The zero-order valence-electron chi connectivity index (χ0n) is 12.5. The molecule has 2 aromatic rings. The zero-order valence-corrected chi connectivity index (χ0v) is 13.3. The van der Waals surface area contributed by atoms with Gasteiger partial charge in [-0.05, 0) is 37.8 Å². The largest absolute Gasteiger partial charge is 0.488 e. The van der Waals surface area contributed by atoms with Crippen LogP contribution in [0.2, 0.25) is 0 Å². The van der Waals surface area contributed by atoms with Crippen LogP contribution in [0.15, 0.2) is 24.3 Å². The predicted molar refractivity (Wildman–Crippen MR) is 86.3 cm³/mol. The number of hydrogen-bond donors (Lipinski definition) is 1. The Bertz CT molecular complexity index is 595. The van der Waals surface area contributed by atoms with E-state index in [2.05, 4.69) is 34.6 Å². The standard InChI is InChI=1S/C16H21N3OS/c1-3-13(20-14-7-5-4-6-11(14)2)10-17-16-18-15(19-21-16)12-8-9-12/h4-7,12-13H,3,8-10H2,1-2H3,(H,17,18,19). The molecule has 1 aliphatic carbocycles. The Kier molecular flexibility index (Phi) is 4.39. The van der Waals surface area contributed by atoms with Gasteiger partial charge in [-0.1, -0.05) is 25.1 Å². The molecule has 4 nitrogen and oxygen atoms in total. The molecule has 0 saturated heterocycles. The summed E-state index contributed by atoms with van der Waals surface area (Å²) in [6.07, 6.45) is 3.57. The van der Waals surface area contributed by atoms with Gasteiger partial charge in [0, 0.05) is 17.5 Å². The molecule has 5 heteroatoms. The Balaban J connectivity index is 1.55. The number of benzene rings is 1. The molecule has 1 atom stereocenters. The van der Waals surface area contributed by atoms with Crippen molar-refractivity contribution < 1.29 is 4.74 Å². The minimum absolute atomic E-state index is 0.138. The molecule has 112 valence electrons. The van der Waals surface area contributed by atoms with E-state index in [1.54, 1.807) is 0 Å². The van der Waals surface area contributed by atoms with E-state index in [4.69, 9.17) is 4.74 Å². The Labute approximate surface area is 129 Å². The first-order valence-corrected chi connectivity index (χ1v) is 8.33. The highest BCUT2D eigenvalue weighted by atomic mass is 32.1. The van der Waals surface area contributed by atoms with Crippen LogP contribution in [0, 0.1) is 6.92 Å². The van der Waals surface area contributed by atoms with Gasteiger partial charge in [-0.25, -0.2) is 4.98 Å². The van der Waals surface area contributed by atoms with Gasteiger partial charge in [0.25, 0.3) is 0 Å². The van der Waals surface area contributed by atoms with Crippen LogP contribution < -0.4 is 10.1 Å². The van der Waals surface area contributed by atoms with Crippen LogP contribution in [0.4, 0.5) is 5.13 Å². The van der Waals surface area contributed by atoms with Crippen LogP contribution in [0.25, 0.3) is 0 Å². The summed E-state index contributed by atoms with van der Waals surface area (Å²) in [6.45, 7) is 4.96. The number of anilines is 1. The molecule has 1 fully saturated rings. The van der Waals surface area contributed by atoms with Crippen LogP contribution in [-0.4, -0.2) is 22.0 Å². The number of hydrogen-bond acceptors (Lipinski definition) is 5. The van der Waals surface area contributed by atoms with Gasteiger partial charge in [-0.2, -0.15) is 4.37 Å². The van der Waals surface area contributed by atoms with Gasteiger partial charge in [0.1, 0.15) is 17.7 Å². The van der Waals surface area contributed by atoms with Crippen LogP contribution in [0.5, 0.6) is 5.75 Å². The highest BCUT2D eigenvalue weighted by Gasteiger charge is 2.27. The van der Waals surface area contributed by atoms with Gasteiger partial charge in [-0.15, -0.1) is 0 Å². The maximum atomic E-state index is 6.08. The number of aryl methyl sites for hydroxylation is 1. The first kappa shape index (κ1) is 14.3. The van der Waals surface area contributed by atoms with Gasteiger partial charge < -0.3 is 10.1 Å². The van der Waals surface area contributed by atoms with Crippen molar-refractivity contribution in [2.24, 2.45) is 0 Å². The van der Waals surface area contributed by atoms with Crippen LogP contribution >= 0.6 is 11.5 Å². The van der Waals surface area contributed by atoms with E-state index >= 15 is 0 Å². The minimum atomic E-state index is 0.138. The second-order valence-electron chi connectivity index (χ2n) is 5.53. The molecule has 1 unspecified atom stereocenters. The minimum Gasteiger partial charge on any atom is -0.488 e. The topological polar surface area (TPSA) is 47.0 Å². The summed E-state index contributed by atoms with van der Waals surface area (Å²) in [5, 5.41) is 4.26. The normalized spacial score (nSPS) is 15.7. The summed E-state index contributed by atoms with van der Waals surface area (Å²) in [4.78, 5) is 4.54. The van der Waals surface area contributed by atoms with Crippen molar-refractivity contribution in [3.8, 4) is 5.75 Å². The van der Waals surface area contributed by atoms with Gasteiger partial charge in [0.2, 0.25) is 5.13 Å². The molecule has 1 saturated carbocycles. The molecule has 1 aromatic carbocycles. The first-order chi connectivity index (χ1) is 10.3. The summed E-state index contributed by atoms with van der Waals surface area (Å²) in [5.74, 6) is 2.58. The molecule has 0 spiro atoms. The third-order valence-corrected chi connectivity index (χ3v) is 4.39. The lowest BCUT2D eigenvalue weighted by Gasteiger charge is -2.19. The smallest absolute Gasteiger partial charge is 0.202 e. The van der Waals surface area contributed by atoms with Gasteiger partial charge in [0.05, 0.1) is 6.54 Å². The second kappa shape index (κ2) is 6.43. The Hall–Kier alpha value is -1.62. The monoisotopic (exact) mass is 303 g/mol. The summed E-state index contributed by atoms with van der Waals surface area (Å²) in [5.41, 5.74) is 1.17. The lowest BCUT2D eigenvalue weighted by Crippen LogP contribution is -2.25. The van der Waals surface area contributed by atoms with E-state index in [1.807, 2.05) is 18.2 Å². The lowest BCUT2D eigenvalue weighted by atomic mass is 10.2. The summed E-state index contributed by atoms with van der Waals surface area (Å²) >= 11 is 1.45. The Morgan fingerprint density at radius 3 is 2.90 bits per heavy atom. The van der Waals surface area contributed by atoms with E-state index < -0.39 is 0 Å².